The molecule has 0 saturated carbocycles. The van der Waals surface area contributed by atoms with E-state index in [1.54, 1.807) is 42.7 Å². The second kappa shape index (κ2) is 7.14. The second-order valence-electron chi connectivity index (χ2n) is 6.54. The van der Waals surface area contributed by atoms with E-state index >= 15 is 0 Å². The molecule has 0 fully saturated rings. The molecule has 1 aliphatic rings. The van der Waals surface area contributed by atoms with Crippen molar-refractivity contribution in [2.24, 2.45) is 10.7 Å². The van der Waals surface area contributed by atoms with Crippen molar-refractivity contribution in [1.82, 2.24) is 0 Å². The molecule has 0 saturated heterocycles. The fraction of sp³-hybridized carbons (Fsp3) is 0.0952. The van der Waals surface area contributed by atoms with Gasteiger partial charge in [0, 0.05) is 22.5 Å². The molecule has 28 heavy (non-hydrogen) atoms. The third-order valence-electron chi connectivity index (χ3n) is 4.60. The van der Waals surface area contributed by atoms with Gasteiger partial charge in [-0.3, -0.25) is 5.73 Å². The molecule has 1 heterocycles. The summed E-state index contributed by atoms with van der Waals surface area (Å²) in [6, 6.07) is 16.9. The summed E-state index contributed by atoms with van der Waals surface area (Å²) in [6.07, 6.45) is 1.56. The summed E-state index contributed by atoms with van der Waals surface area (Å²) in [4.78, 5) is 4.43. The number of nitrogen functional groups attached to an aromatic ring is 1. The number of nitrogens with one attached hydrogen (secondary N) is 1. The highest BCUT2D eigenvalue weighted by Crippen LogP contribution is 2.39. The van der Waals surface area contributed by atoms with Crippen LogP contribution in [0.1, 0.15) is 16.7 Å². The summed E-state index contributed by atoms with van der Waals surface area (Å²) in [5.74, 6) is 0.165. The molecule has 1 aliphatic heterocycles. The van der Waals surface area contributed by atoms with E-state index in [0.29, 0.717) is 27.6 Å². The minimum Gasteiger partial charge on any atom is -0.487 e. The molecule has 0 spiro atoms. The number of nitrogens with zero attached hydrogens (tertiary/aromatic N) is 1. The Morgan fingerprint density at radius 1 is 1.11 bits per heavy atom. The van der Waals surface area contributed by atoms with Crippen LogP contribution in [0.5, 0.6) is 5.75 Å². The Kier molecular flexibility index (Phi) is 4.66. The Labute approximate surface area is 166 Å². The Morgan fingerprint density at radius 3 is 2.75 bits per heavy atom. The topological polar surface area (TPSA) is 85.7 Å². The van der Waals surface area contributed by atoms with Crippen LogP contribution >= 0.6 is 11.6 Å². The van der Waals surface area contributed by atoms with Crippen molar-refractivity contribution in [3.05, 3.63) is 88.2 Å². The van der Waals surface area contributed by atoms with Crippen LogP contribution in [0.4, 0.5) is 15.8 Å². The third kappa shape index (κ3) is 3.40. The fourth-order valence-corrected chi connectivity index (χ4v) is 3.38. The van der Waals surface area contributed by atoms with Gasteiger partial charge in [0.2, 0.25) is 0 Å². The highest BCUT2D eigenvalue weighted by Gasteiger charge is 2.34. The Bertz CT molecular complexity index is 1070. The summed E-state index contributed by atoms with van der Waals surface area (Å²) >= 11 is 6.42. The lowest BCUT2D eigenvalue weighted by molar-refractivity contribution is 0.305. The first-order chi connectivity index (χ1) is 13.5. The number of benzene rings is 3. The fourth-order valence-electron chi connectivity index (χ4n) is 3.15. The molecule has 0 aromatic heterocycles. The van der Waals surface area contributed by atoms with Crippen LogP contribution in [0, 0.1) is 5.82 Å². The molecule has 0 aliphatic carbocycles. The largest absolute Gasteiger partial charge is 0.487 e. The zero-order valence-corrected chi connectivity index (χ0v) is 15.6. The highest BCUT2D eigenvalue weighted by atomic mass is 35.5. The van der Waals surface area contributed by atoms with Crippen molar-refractivity contribution in [3.63, 3.8) is 0 Å². The lowest BCUT2D eigenvalue weighted by atomic mass is 9.90. The second-order valence-corrected chi connectivity index (χ2v) is 6.94. The van der Waals surface area contributed by atoms with Crippen molar-refractivity contribution < 1.29 is 9.13 Å². The number of hydrogen-bond donors (Lipinski definition) is 3. The quantitative estimate of drug-likeness (QED) is 0.575. The molecule has 0 bridgehead atoms. The Hall–Kier alpha value is -3.09. The maximum atomic E-state index is 13.3. The lowest BCUT2D eigenvalue weighted by Crippen LogP contribution is -2.39. The van der Waals surface area contributed by atoms with E-state index in [2.05, 4.69) is 10.3 Å². The lowest BCUT2D eigenvalue weighted by Gasteiger charge is -2.31. The zero-order chi connectivity index (χ0) is 19.7. The number of fused-ring (bicyclic) bond motifs is 1. The molecular weight excluding hydrogens is 379 g/mol. The molecular formula is C21H18ClFN4O. The predicted octanol–water partition coefficient (Wildman–Crippen LogP) is 4.25. The van der Waals surface area contributed by atoms with Gasteiger partial charge in [-0.05, 0) is 48.0 Å². The first kappa shape index (κ1) is 18.3. The number of halogens is 2. The monoisotopic (exact) mass is 396 g/mol. The Balaban J connectivity index is 1.62. The van der Waals surface area contributed by atoms with Crippen molar-refractivity contribution in [2.75, 3.05) is 11.1 Å². The molecule has 3 aromatic rings. The molecule has 4 rings (SSSR count). The average molecular weight is 397 g/mol. The summed E-state index contributed by atoms with van der Waals surface area (Å²) in [5.41, 5.74) is 15.0. The van der Waals surface area contributed by atoms with E-state index in [1.807, 2.05) is 12.1 Å². The molecule has 1 unspecified atom stereocenters. The van der Waals surface area contributed by atoms with Crippen LogP contribution in [-0.4, -0.2) is 6.34 Å². The molecule has 1 atom stereocenters. The summed E-state index contributed by atoms with van der Waals surface area (Å²) in [6.45, 7) is 0.200. The van der Waals surface area contributed by atoms with E-state index in [4.69, 9.17) is 27.8 Å². The number of nitrogens with two attached hydrogens (primary N) is 2. The minimum atomic E-state index is -1.12. The van der Waals surface area contributed by atoms with Crippen molar-refractivity contribution in [1.29, 1.82) is 0 Å². The van der Waals surface area contributed by atoms with Gasteiger partial charge in [-0.15, -0.1) is 0 Å². The van der Waals surface area contributed by atoms with E-state index < -0.39 is 5.66 Å². The van der Waals surface area contributed by atoms with E-state index in [9.17, 15) is 4.39 Å². The zero-order valence-electron chi connectivity index (χ0n) is 14.8. The van der Waals surface area contributed by atoms with E-state index in [-0.39, 0.29) is 12.4 Å². The van der Waals surface area contributed by atoms with Crippen molar-refractivity contribution in [3.8, 4) is 5.75 Å². The van der Waals surface area contributed by atoms with Gasteiger partial charge >= 0.3 is 0 Å². The van der Waals surface area contributed by atoms with Crippen LogP contribution < -0.4 is 21.5 Å². The molecule has 5 N–H and O–H groups in total. The van der Waals surface area contributed by atoms with Gasteiger partial charge < -0.3 is 15.8 Å². The molecule has 3 aromatic carbocycles. The highest BCUT2D eigenvalue weighted by molar-refractivity contribution is 6.32. The number of ether oxygens (including phenoxy) is 1. The predicted molar refractivity (Wildman–Crippen MR) is 110 cm³/mol. The van der Waals surface area contributed by atoms with Gasteiger partial charge in [0.1, 0.15) is 18.2 Å². The van der Waals surface area contributed by atoms with Gasteiger partial charge in [-0.25, -0.2) is 9.38 Å². The van der Waals surface area contributed by atoms with Crippen molar-refractivity contribution >= 4 is 29.3 Å². The van der Waals surface area contributed by atoms with Gasteiger partial charge in [-0.1, -0.05) is 29.8 Å². The van der Waals surface area contributed by atoms with Gasteiger partial charge in [-0.2, -0.15) is 0 Å². The Morgan fingerprint density at radius 2 is 1.96 bits per heavy atom. The van der Waals surface area contributed by atoms with Crippen LogP contribution in [-0.2, 0) is 12.3 Å². The molecule has 5 nitrogen and oxygen atoms in total. The summed E-state index contributed by atoms with van der Waals surface area (Å²) in [5, 5.41) is 3.46. The maximum Gasteiger partial charge on any atom is 0.163 e. The standard InChI is InChI=1S/C21H18ClFN4O/c22-18-9-14(4-7-20(18)28-11-13-2-1-3-15(23)8-13)21(25)17-10-16(24)5-6-19(17)26-12-27-21/h1-10,12H,11,24-25H2,(H,26,27). The van der Waals surface area contributed by atoms with E-state index in [0.717, 1.165) is 11.3 Å². The third-order valence-corrected chi connectivity index (χ3v) is 4.89. The smallest absolute Gasteiger partial charge is 0.163 e. The van der Waals surface area contributed by atoms with Crippen LogP contribution in [0.2, 0.25) is 5.02 Å². The van der Waals surface area contributed by atoms with Crippen LogP contribution in [0.25, 0.3) is 0 Å². The molecule has 0 radical (unpaired) electrons. The molecule has 0 amide bonds. The molecule has 142 valence electrons. The summed E-state index contributed by atoms with van der Waals surface area (Å²) < 4.78 is 19.0. The molecule has 7 heteroatoms. The first-order valence-corrected chi connectivity index (χ1v) is 9.00. The van der Waals surface area contributed by atoms with Crippen LogP contribution in [0.15, 0.2) is 65.7 Å². The average Bonchev–Trinajstić information content (AvgIpc) is 2.68. The minimum absolute atomic E-state index is 0.200. The number of anilines is 2. The van der Waals surface area contributed by atoms with E-state index in [1.165, 1.54) is 12.1 Å². The number of hydrogen-bond acceptors (Lipinski definition) is 5. The SMILES string of the molecule is Nc1ccc2c(c1)C(N)(c1ccc(OCc3cccc(F)c3)c(Cl)c1)N=CN2. The normalized spacial score (nSPS) is 17.7. The van der Waals surface area contributed by atoms with Gasteiger partial charge in [0.15, 0.2) is 5.66 Å². The number of rotatable bonds is 4. The van der Waals surface area contributed by atoms with Gasteiger partial charge in [0.25, 0.3) is 0 Å². The maximum absolute atomic E-state index is 13.3. The van der Waals surface area contributed by atoms with Gasteiger partial charge in [0.05, 0.1) is 11.4 Å². The summed E-state index contributed by atoms with van der Waals surface area (Å²) in [7, 11) is 0. The van der Waals surface area contributed by atoms with Crippen molar-refractivity contribution in [2.45, 2.75) is 12.3 Å². The first-order valence-electron chi connectivity index (χ1n) is 8.62. The number of aliphatic imine (C=N–C) groups is 1. The van der Waals surface area contributed by atoms with Crippen LogP contribution in [0.3, 0.4) is 0 Å².